The third-order valence-corrected chi connectivity index (χ3v) is 4.47. The van der Waals surface area contributed by atoms with Gasteiger partial charge in [0.05, 0.1) is 5.92 Å². The van der Waals surface area contributed by atoms with Crippen LogP contribution in [0.15, 0.2) is 0 Å². The van der Waals surface area contributed by atoms with Gasteiger partial charge in [-0.1, -0.05) is 13.8 Å². The van der Waals surface area contributed by atoms with E-state index in [1.54, 1.807) is 0 Å². The summed E-state index contributed by atoms with van der Waals surface area (Å²) in [5, 5.41) is 12.0. The molecule has 0 heterocycles. The molecular weight excluding hydrogens is 230 g/mol. The molecule has 2 aliphatic rings. The predicted octanol–water partition coefficient (Wildman–Crippen LogP) is 2.18. The number of carbonyl (C=O) groups excluding carboxylic acids is 1. The van der Waals surface area contributed by atoms with E-state index in [1.165, 1.54) is 0 Å². The summed E-state index contributed by atoms with van der Waals surface area (Å²) in [7, 11) is 0. The molecule has 0 radical (unpaired) electrons. The minimum atomic E-state index is -0.757. The number of amides is 1. The van der Waals surface area contributed by atoms with Gasteiger partial charge in [0.15, 0.2) is 0 Å². The summed E-state index contributed by atoms with van der Waals surface area (Å²) in [4.78, 5) is 22.9. The number of carbonyl (C=O) groups is 2. The van der Waals surface area contributed by atoms with Crippen LogP contribution in [0.3, 0.4) is 0 Å². The van der Waals surface area contributed by atoms with Crippen LogP contribution in [-0.4, -0.2) is 23.0 Å². The highest BCUT2D eigenvalue weighted by Gasteiger charge is 2.36. The number of nitrogens with one attached hydrogen (secondary N) is 1. The molecule has 18 heavy (non-hydrogen) atoms. The fourth-order valence-electron chi connectivity index (χ4n) is 3.32. The van der Waals surface area contributed by atoms with Crippen molar-refractivity contribution in [3.8, 4) is 0 Å². The van der Waals surface area contributed by atoms with Crippen molar-refractivity contribution in [3.63, 3.8) is 0 Å². The van der Waals surface area contributed by atoms with Gasteiger partial charge in [0.1, 0.15) is 0 Å². The molecule has 0 aromatic rings. The monoisotopic (exact) mass is 253 g/mol. The van der Waals surface area contributed by atoms with Crippen LogP contribution in [0.1, 0.15) is 52.4 Å². The summed E-state index contributed by atoms with van der Waals surface area (Å²) in [6.07, 6.45) is 5.11. The summed E-state index contributed by atoms with van der Waals surface area (Å²) < 4.78 is 0. The summed E-state index contributed by atoms with van der Waals surface area (Å²) in [6.45, 7) is 4.46. The fraction of sp³-hybridized carbons (Fsp3) is 0.857. The molecule has 0 aromatic carbocycles. The first-order valence-electron chi connectivity index (χ1n) is 6.90. The first-order chi connectivity index (χ1) is 8.37. The number of rotatable bonds is 3. The Morgan fingerprint density at radius 3 is 2.33 bits per heavy atom. The summed E-state index contributed by atoms with van der Waals surface area (Å²) in [6, 6.07) is 0.288. The maximum Gasteiger partial charge on any atom is 0.306 e. The first kappa shape index (κ1) is 13.4. The van der Waals surface area contributed by atoms with E-state index in [9.17, 15) is 9.59 Å². The maximum absolute atomic E-state index is 12.1. The van der Waals surface area contributed by atoms with Crippen molar-refractivity contribution in [2.45, 2.75) is 58.4 Å². The second-order valence-corrected chi connectivity index (χ2v) is 6.66. The van der Waals surface area contributed by atoms with Crippen molar-refractivity contribution in [2.24, 2.45) is 17.3 Å². The second kappa shape index (κ2) is 4.90. The van der Waals surface area contributed by atoms with Crippen LogP contribution in [0, 0.1) is 17.3 Å². The smallest absolute Gasteiger partial charge is 0.306 e. The van der Waals surface area contributed by atoms with Crippen molar-refractivity contribution >= 4 is 11.9 Å². The average Bonchev–Trinajstić information content (AvgIpc) is 2.85. The van der Waals surface area contributed by atoms with Gasteiger partial charge >= 0.3 is 5.97 Å². The van der Waals surface area contributed by atoms with Crippen molar-refractivity contribution in [1.29, 1.82) is 0 Å². The zero-order valence-corrected chi connectivity index (χ0v) is 11.2. The largest absolute Gasteiger partial charge is 0.481 e. The van der Waals surface area contributed by atoms with E-state index in [2.05, 4.69) is 19.2 Å². The fourth-order valence-corrected chi connectivity index (χ4v) is 3.32. The van der Waals surface area contributed by atoms with Gasteiger partial charge in [0.25, 0.3) is 0 Å². The highest BCUT2D eigenvalue weighted by Crippen LogP contribution is 2.37. The van der Waals surface area contributed by atoms with Crippen LogP contribution < -0.4 is 5.32 Å². The number of aliphatic carboxylic acids is 1. The molecule has 0 saturated heterocycles. The van der Waals surface area contributed by atoms with E-state index >= 15 is 0 Å². The second-order valence-electron chi connectivity index (χ2n) is 6.66. The number of hydrogen-bond donors (Lipinski definition) is 2. The molecule has 2 saturated carbocycles. The van der Waals surface area contributed by atoms with Gasteiger partial charge in [0, 0.05) is 12.0 Å². The summed E-state index contributed by atoms with van der Waals surface area (Å²) in [5.74, 6) is -1.09. The molecule has 0 bridgehead atoms. The minimum Gasteiger partial charge on any atom is -0.481 e. The van der Waals surface area contributed by atoms with Gasteiger partial charge < -0.3 is 10.4 Å². The summed E-state index contributed by atoms with van der Waals surface area (Å²) >= 11 is 0. The normalized spacial score (nSPS) is 34.4. The van der Waals surface area contributed by atoms with Gasteiger partial charge in [0.2, 0.25) is 5.91 Å². The van der Waals surface area contributed by atoms with E-state index in [1.807, 2.05) is 0 Å². The topological polar surface area (TPSA) is 66.4 Å². The van der Waals surface area contributed by atoms with Crippen LogP contribution in [-0.2, 0) is 9.59 Å². The van der Waals surface area contributed by atoms with E-state index in [-0.39, 0.29) is 23.8 Å². The molecule has 2 N–H and O–H groups in total. The Hall–Kier alpha value is -1.06. The van der Waals surface area contributed by atoms with Gasteiger partial charge in [-0.25, -0.2) is 0 Å². The molecule has 0 aliphatic heterocycles. The average molecular weight is 253 g/mol. The van der Waals surface area contributed by atoms with Crippen LogP contribution in [0.5, 0.6) is 0 Å². The van der Waals surface area contributed by atoms with Crippen molar-refractivity contribution in [1.82, 2.24) is 5.32 Å². The van der Waals surface area contributed by atoms with Crippen LogP contribution in [0.25, 0.3) is 0 Å². The van der Waals surface area contributed by atoms with Crippen LogP contribution >= 0.6 is 0 Å². The van der Waals surface area contributed by atoms with Crippen molar-refractivity contribution in [2.75, 3.05) is 0 Å². The molecule has 1 amide bonds. The molecular formula is C14H23NO3. The number of carboxylic acid groups (broad SMARTS) is 1. The quantitative estimate of drug-likeness (QED) is 0.810. The lowest BCUT2D eigenvalue weighted by Crippen LogP contribution is -2.37. The molecule has 2 aliphatic carbocycles. The molecule has 3 atom stereocenters. The molecule has 2 fully saturated rings. The van der Waals surface area contributed by atoms with Crippen LogP contribution in [0.4, 0.5) is 0 Å². The lowest BCUT2D eigenvalue weighted by molar-refractivity contribution is -0.141. The van der Waals surface area contributed by atoms with Gasteiger partial charge in [-0.3, -0.25) is 9.59 Å². The molecule has 4 heteroatoms. The Kier molecular flexibility index (Phi) is 3.64. The standard InChI is InChI=1S/C14H23NO3/c1-14(2)6-5-11(8-14)15-12(16)9-3-4-10(7-9)13(17)18/h9-11H,3-8H2,1-2H3,(H,15,16)(H,17,18)/t9-,10+,11?/m1/s1. The Balaban J connectivity index is 1.81. The zero-order chi connectivity index (χ0) is 13.3. The molecule has 0 aromatic heterocycles. The predicted molar refractivity (Wildman–Crippen MR) is 68.0 cm³/mol. The number of hydrogen-bond acceptors (Lipinski definition) is 2. The number of carboxylic acids is 1. The van der Waals surface area contributed by atoms with E-state index < -0.39 is 5.97 Å². The highest BCUT2D eigenvalue weighted by molar-refractivity contribution is 5.81. The van der Waals surface area contributed by atoms with Gasteiger partial charge in [-0.15, -0.1) is 0 Å². The zero-order valence-electron chi connectivity index (χ0n) is 11.2. The molecule has 2 rings (SSSR count). The van der Waals surface area contributed by atoms with E-state index in [0.717, 1.165) is 25.7 Å². The maximum atomic E-state index is 12.1. The highest BCUT2D eigenvalue weighted by atomic mass is 16.4. The lowest BCUT2D eigenvalue weighted by Gasteiger charge is -2.19. The SMILES string of the molecule is CC1(C)CCC(NC(=O)[C@@H]2CC[C@H](C(=O)O)C2)C1. The van der Waals surface area contributed by atoms with Crippen LogP contribution in [0.2, 0.25) is 0 Å². The molecule has 0 spiro atoms. The summed E-state index contributed by atoms with van der Waals surface area (Å²) in [5.41, 5.74) is 0.331. The van der Waals surface area contributed by atoms with E-state index in [4.69, 9.17) is 5.11 Å². The Morgan fingerprint density at radius 2 is 1.83 bits per heavy atom. The minimum absolute atomic E-state index is 0.0708. The van der Waals surface area contributed by atoms with Gasteiger partial charge in [-0.2, -0.15) is 0 Å². The molecule has 1 unspecified atom stereocenters. The lowest BCUT2D eigenvalue weighted by atomic mass is 9.92. The third kappa shape index (κ3) is 3.03. The Bertz CT molecular complexity index is 351. The Labute approximate surface area is 108 Å². The van der Waals surface area contributed by atoms with E-state index in [0.29, 0.717) is 18.3 Å². The molecule has 102 valence electrons. The molecule has 4 nitrogen and oxygen atoms in total. The van der Waals surface area contributed by atoms with Crippen molar-refractivity contribution < 1.29 is 14.7 Å². The van der Waals surface area contributed by atoms with Gasteiger partial charge in [-0.05, 0) is 43.9 Å². The third-order valence-electron chi connectivity index (χ3n) is 4.47. The first-order valence-corrected chi connectivity index (χ1v) is 6.90. The Morgan fingerprint density at radius 1 is 1.17 bits per heavy atom. The van der Waals surface area contributed by atoms with Crippen molar-refractivity contribution in [3.05, 3.63) is 0 Å².